The fourth-order valence-corrected chi connectivity index (χ4v) is 5.22. The number of rotatable bonds is 7. The molecule has 5 nitrogen and oxygen atoms in total. The second-order valence-corrected chi connectivity index (χ2v) is 10.1. The van der Waals surface area contributed by atoms with Crippen LogP contribution in [-0.2, 0) is 16.4 Å². The molecule has 1 amide bonds. The van der Waals surface area contributed by atoms with Crippen LogP contribution >= 0.6 is 0 Å². The standard InChI is InChI=1S/C23H30N2O3S/c1-17(2)15-19-9-11-20(12-10-19)18(3)24-23(26)21-7-6-8-22(16-21)29(27,28)25-13-4-5-14-25/h6-12,16-18H,4-5,13-15H2,1-3H3,(H,24,26)/t18-/m0/s1. The Hall–Kier alpha value is -2.18. The van der Waals surface area contributed by atoms with Gasteiger partial charge in [-0.25, -0.2) is 8.42 Å². The highest BCUT2D eigenvalue weighted by Gasteiger charge is 2.27. The van der Waals surface area contributed by atoms with E-state index in [-0.39, 0.29) is 16.8 Å². The highest BCUT2D eigenvalue weighted by molar-refractivity contribution is 7.89. The number of sulfonamides is 1. The third kappa shape index (κ3) is 5.25. The fraction of sp³-hybridized carbons (Fsp3) is 0.435. The molecular weight excluding hydrogens is 384 g/mol. The molecule has 29 heavy (non-hydrogen) atoms. The molecule has 1 heterocycles. The number of benzene rings is 2. The van der Waals surface area contributed by atoms with Crippen molar-refractivity contribution in [3.05, 3.63) is 65.2 Å². The van der Waals surface area contributed by atoms with E-state index in [0.29, 0.717) is 24.6 Å². The third-order valence-electron chi connectivity index (χ3n) is 5.27. The Morgan fingerprint density at radius 1 is 1.03 bits per heavy atom. The van der Waals surface area contributed by atoms with Crippen molar-refractivity contribution in [2.75, 3.05) is 13.1 Å². The van der Waals surface area contributed by atoms with Gasteiger partial charge in [-0.05, 0) is 61.4 Å². The average molecular weight is 415 g/mol. The van der Waals surface area contributed by atoms with Gasteiger partial charge in [-0.15, -0.1) is 0 Å². The normalized spacial score (nSPS) is 16.1. The molecule has 1 aliphatic rings. The summed E-state index contributed by atoms with van der Waals surface area (Å²) in [5.74, 6) is 0.323. The van der Waals surface area contributed by atoms with Crippen LogP contribution in [0.25, 0.3) is 0 Å². The van der Waals surface area contributed by atoms with Crippen LogP contribution in [0.1, 0.15) is 61.1 Å². The molecule has 0 unspecified atom stereocenters. The van der Waals surface area contributed by atoms with Crippen LogP contribution in [0, 0.1) is 5.92 Å². The molecule has 0 spiro atoms. The quantitative estimate of drug-likeness (QED) is 0.740. The van der Waals surface area contributed by atoms with Crippen LogP contribution in [0.2, 0.25) is 0 Å². The van der Waals surface area contributed by atoms with E-state index < -0.39 is 10.0 Å². The molecule has 0 radical (unpaired) electrons. The van der Waals surface area contributed by atoms with Gasteiger partial charge in [0.05, 0.1) is 10.9 Å². The smallest absolute Gasteiger partial charge is 0.251 e. The zero-order valence-corrected chi connectivity index (χ0v) is 18.2. The Balaban J connectivity index is 1.70. The van der Waals surface area contributed by atoms with Crippen LogP contribution in [0.4, 0.5) is 0 Å². The maximum atomic E-state index is 12.8. The summed E-state index contributed by atoms with van der Waals surface area (Å²) in [6, 6.07) is 14.4. The van der Waals surface area contributed by atoms with Gasteiger partial charge >= 0.3 is 0 Å². The number of hydrogen-bond donors (Lipinski definition) is 1. The summed E-state index contributed by atoms with van der Waals surface area (Å²) in [7, 11) is -3.54. The zero-order chi connectivity index (χ0) is 21.0. The Bertz CT molecular complexity index is 946. The van der Waals surface area contributed by atoms with Gasteiger partial charge in [0.1, 0.15) is 0 Å². The molecule has 2 aromatic rings. The van der Waals surface area contributed by atoms with Crippen LogP contribution in [0.5, 0.6) is 0 Å². The number of amides is 1. The van der Waals surface area contributed by atoms with Crippen molar-refractivity contribution in [1.29, 1.82) is 0 Å². The highest BCUT2D eigenvalue weighted by atomic mass is 32.2. The lowest BCUT2D eigenvalue weighted by Crippen LogP contribution is -2.29. The first kappa shape index (κ1) is 21.5. The molecule has 156 valence electrons. The Morgan fingerprint density at radius 3 is 2.31 bits per heavy atom. The zero-order valence-electron chi connectivity index (χ0n) is 17.4. The molecule has 0 aliphatic carbocycles. The number of carbonyl (C=O) groups is 1. The highest BCUT2D eigenvalue weighted by Crippen LogP contribution is 2.22. The minimum atomic E-state index is -3.54. The van der Waals surface area contributed by atoms with Gasteiger partial charge in [0.2, 0.25) is 10.0 Å². The van der Waals surface area contributed by atoms with Crippen molar-refractivity contribution >= 4 is 15.9 Å². The fourth-order valence-electron chi connectivity index (χ4n) is 3.65. The van der Waals surface area contributed by atoms with Crippen molar-refractivity contribution in [1.82, 2.24) is 9.62 Å². The molecule has 0 aromatic heterocycles. The van der Waals surface area contributed by atoms with E-state index in [9.17, 15) is 13.2 Å². The predicted octanol–water partition coefficient (Wildman–Crippen LogP) is 4.16. The summed E-state index contributed by atoms with van der Waals surface area (Å²) in [6.07, 6.45) is 2.79. The van der Waals surface area contributed by atoms with Crippen molar-refractivity contribution in [2.24, 2.45) is 5.92 Å². The van der Waals surface area contributed by atoms with E-state index in [1.165, 1.54) is 15.9 Å². The lowest BCUT2D eigenvalue weighted by atomic mass is 10.00. The van der Waals surface area contributed by atoms with Crippen LogP contribution in [0.15, 0.2) is 53.4 Å². The van der Waals surface area contributed by atoms with E-state index >= 15 is 0 Å². The maximum Gasteiger partial charge on any atom is 0.251 e. The first-order chi connectivity index (χ1) is 13.8. The molecule has 1 fully saturated rings. The molecule has 0 saturated carbocycles. The van der Waals surface area contributed by atoms with Crippen LogP contribution in [-0.4, -0.2) is 31.7 Å². The van der Waals surface area contributed by atoms with Gasteiger partial charge < -0.3 is 5.32 Å². The molecule has 1 N–H and O–H groups in total. The summed E-state index contributed by atoms with van der Waals surface area (Å²) in [5, 5.41) is 2.97. The minimum Gasteiger partial charge on any atom is -0.346 e. The number of nitrogens with zero attached hydrogens (tertiary/aromatic N) is 1. The van der Waals surface area contributed by atoms with Gasteiger partial charge in [-0.2, -0.15) is 4.31 Å². The van der Waals surface area contributed by atoms with Crippen molar-refractivity contribution in [3.8, 4) is 0 Å². The summed E-state index contributed by atoms with van der Waals surface area (Å²) >= 11 is 0. The summed E-state index contributed by atoms with van der Waals surface area (Å²) in [5.41, 5.74) is 2.65. The SMILES string of the molecule is CC(C)Cc1ccc([C@H](C)NC(=O)c2cccc(S(=O)(=O)N3CCCC3)c2)cc1. The molecule has 1 aliphatic heterocycles. The van der Waals surface area contributed by atoms with Gasteiger partial charge in [0.15, 0.2) is 0 Å². The van der Waals surface area contributed by atoms with E-state index in [4.69, 9.17) is 0 Å². The molecule has 3 rings (SSSR count). The monoisotopic (exact) mass is 414 g/mol. The second kappa shape index (κ2) is 9.09. The maximum absolute atomic E-state index is 12.8. The number of nitrogens with one attached hydrogen (secondary N) is 1. The number of hydrogen-bond acceptors (Lipinski definition) is 3. The summed E-state index contributed by atoms with van der Waals surface area (Å²) < 4.78 is 27.0. The molecule has 0 bridgehead atoms. The second-order valence-electron chi connectivity index (χ2n) is 8.17. The molecule has 1 saturated heterocycles. The van der Waals surface area contributed by atoms with Crippen molar-refractivity contribution < 1.29 is 13.2 Å². The summed E-state index contributed by atoms with van der Waals surface area (Å²) in [4.78, 5) is 12.9. The van der Waals surface area contributed by atoms with E-state index in [2.05, 4.69) is 31.3 Å². The van der Waals surface area contributed by atoms with Gasteiger partial charge in [0, 0.05) is 18.7 Å². The van der Waals surface area contributed by atoms with Crippen LogP contribution < -0.4 is 5.32 Å². The Morgan fingerprint density at radius 2 is 1.69 bits per heavy atom. The molecular formula is C23H30N2O3S. The third-order valence-corrected chi connectivity index (χ3v) is 7.16. The molecule has 6 heteroatoms. The van der Waals surface area contributed by atoms with Crippen LogP contribution in [0.3, 0.4) is 0 Å². The first-order valence-corrected chi connectivity index (χ1v) is 11.7. The van der Waals surface area contributed by atoms with Crippen molar-refractivity contribution in [3.63, 3.8) is 0 Å². The molecule has 1 atom stereocenters. The van der Waals surface area contributed by atoms with E-state index in [1.807, 2.05) is 19.1 Å². The van der Waals surface area contributed by atoms with Gasteiger partial charge in [-0.3, -0.25) is 4.79 Å². The Kier molecular flexibility index (Phi) is 6.75. The number of carbonyl (C=O) groups excluding carboxylic acids is 1. The predicted molar refractivity (Wildman–Crippen MR) is 115 cm³/mol. The first-order valence-electron chi connectivity index (χ1n) is 10.3. The average Bonchev–Trinajstić information content (AvgIpc) is 3.24. The lowest BCUT2D eigenvalue weighted by Gasteiger charge is -2.17. The topological polar surface area (TPSA) is 66.5 Å². The van der Waals surface area contributed by atoms with Gasteiger partial charge in [0.25, 0.3) is 5.91 Å². The molecule has 2 aromatic carbocycles. The Labute approximate surface area is 174 Å². The van der Waals surface area contributed by atoms with Gasteiger partial charge in [-0.1, -0.05) is 44.2 Å². The summed E-state index contributed by atoms with van der Waals surface area (Å²) in [6.45, 7) is 7.40. The largest absolute Gasteiger partial charge is 0.346 e. The van der Waals surface area contributed by atoms with Crippen molar-refractivity contribution in [2.45, 2.75) is 51.0 Å². The lowest BCUT2D eigenvalue weighted by molar-refractivity contribution is 0.0939. The van der Waals surface area contributed by atoms with E-state index in [1.54, 1.807) is 18.2 Å². The van der Waals surface area contributed by atoms with E-state index in [0.717, 1.165) is 24.8 Å². The minimum absolute atomic E-state index is 0.172.